The van der Waals surface area contributed by atoms with Gasteiger partial charge < -0.3 is 5.32 Å². The largest absolute Gasteiger partial charge is 0.324 e. The number of nitrogens with zero attached hydrogens (tertiary/aromatic N) is 3. The first-order chi connectivity index (χ1) is 16.0. The Morgan fingerprint density at radius 3 is 2.33 bits per heavy atom. The van der Waals surface area contributed by atoms with Gasteiger partial charge in [-0.05, 0) is 67.1 Å². The Morgan fingerprint density at radius 2 is 1.61 bits per heavy atom. The number of halogens is 1. The summed E-state index contributed by atoms with van der Waals surface area (Å²) in [5.74, 6) is -1.17. The van der Waals surface area contributed by atoms with E-state index in [1.54, 1.807) is 42.9 Å². The lowest BCUT2D eigenvalue weighted by molar-refractivity contribution is 0.0846. The van der Waals surface area contributed by atoms with Crippen molar-refractivity contribution >= 4 is 23.5 Å². The Hall–Kier alpha value is -4.66. The Bertz CT molecular complexity index is 1300. The number of aryl methyl sites for hydroxylation is 1. The average molecular weight is 442 g/mol. The van der Waals surface area contributed by atoms with Crippen molar-refractivity contribution in [1.82, 2.24) is 25.8 Å². The van der Waals surface area contributed by atoms with Crippen molar-refractivity contribution in [3.8, 4) is 11.3 Å². The van der Waals surface area contributed by atoms with Gasteiger partial charge in [0.25, 0.3) is 11.8 Å². The van der Waals surface area contributed by atoms with Crippen molar-refractivity contribution in [2.45, 2.75) is 6.92 Å². The summed E-state index contributed by atoms with van der Waals surface area (Å²) in [6, 6.07) is 15.5. The maximum atomic E-state index is 13.0. The summed E-state index contributed by atoms with van der Waals surface area (Å²) in [7, 11) is 0. The van der Waals surface area contributed by atoms with Crippen LogP contribution in [0.15, 0.2) is 79.3 Å². The van der Waals surface area contributed by atoms with E-state index in [0.29, 0.717) is 22.9 Å². The van der Waals surface area contributed by atoms with E-state index in [1.807, 2.05) is 19.1 Å². The molecule has 0 radical (unpaired) electrons. The highest BCUT2D eigenvalue weighted by atomic mass is 19.1. The number of nitrogens with one attached hydrogen (secondary N) is 3. The van der Waals surface area contributed by atoms with Gasteiger partial charge in [-0.1, -0.05) is 6.07 Å². The first-order valence-electron chi connectivity index (χ1n) is 9.97. The lowest BCUT2D eigenvalue weighted by Gasteiger charge is -2.12. The normalized spacial score (nSPS) is 10.4. The number of amides is 2. The van der Waals surface area contributed by atoms with Crippen LogP contribution in [0, 0.1) is 12.7 Å². The van der Waals surface area contributed by atoms with E-state index >= 15 is 0 Å². The topological polar surface area (TPSA) is 109 Å². The van der Waals surface area contributed by atoms with E-state index < -0.39 is 17.6 Å². The summed E-state index contributed by atoms with van der Waals surface area (Å²) in [5.41, 5.74) is 8.26. The van der Waals surface area contributed by atoms with E-state index in [1.165, 1.54) is 24.3 Å². The third-order valence-corrected chi connectivity index (χ3v) is 4.76. The predicted molar refractivity (Wildman–Crippen MR) is 121 cm³/mol. The van der Waals surface area contributed by atoms with E-state index in [4.69, 9.17) is 0 Å². The van der Waals surface area contributed by atoms with Gasteiger partial charge in [0.1, 0.15) is 5.82 Å². The number of carbonyl (C=O) groups excluding carboxylic acids is 2. The van der Waals surface area contributed by atoms with Crippen LogP contribution < -0.4 is 16.2 Å². The standard InChI is InChI=1S/C24H19FN6O2/c1-15-4-5-17(23(33)31-30-22(32)16-6-8-19(25)9-7-16)13-21(15)29-24-27-12-10-20(28-24)18-3-2-11-26-14-18/h2-14H,1H3,(H,30,32)(H,31,33)(H,27,28,29). The third-order valence-electron chi connectivity index (χ3n) is 4.76. The number of aromatic nitrogens is 3. The van der Waals surface area contributed by atoms with E-state index in [-0.39, 0.29) is 5.56 Å². The summed E-state index contributed by atoms with van der Waals surface area (Å²) in [5, 5.41) is 3.13. The molecule has 0 saturated carbocycles. The second-order valence-electron chi connectivity index (χ2n) is 7.08. The zero-order valence-electron chi connectivity index (χ0n) is 17.5. The molecule has 33 heavy (non-hydrogen) atoms. The van der Waals surface area contributed by atoms with Gasteiger partial charge in [0.2, 0.25) is 5.95 Å². The molecule has 4 aromatic rings. The molecule has 0 saturated heterocycles. The van der Waals surface area contributed by atoms with Crippen LogP contribution in [0.3, 0.4) is 0 Å². The van der Waals surface area contributed by atoms with Gasteiger partial charge in [0.05, 0.1) is 5.69 Å². The van der Waals surface area contributed by atoms with Crippen molar-refractivity contribution < 1.29 is 14.0 Å². The molecule has 0 aliphatic heterocycles. The average Bonchev–Trinajstić information content (AvgIpc) is 2.85. The molecule has 4 rings (SSSR count). The fraction of sp³-hybridized carbons (Fsp3) is 0.0417. The van der Waals surface area contributed by atoms with Gasteiger partial charge in [0, 0.05) is 41.0 Å². The summed E-state index contributed by atoms with van der Waals surface area (Å²) in [4.78, 5) is 37.5. The van der Waals surface area contributed by atoms with Gasteiger partial charge in [-0.25, -0.2) is 14.4 Å². The molecule has 2 amide bonds. The van der Waals surface area contributed by atoms with Crippen LogP contribution in [-0.2, 0) is 0 Å². The molecule has 8 nitrogen and oxygen atoms in total. The minimum Gasteiger partial charge on any atom is -0.324 e. The molecule has 2 heterocycles. The first kappa shape index (κ1) is 21.6. The molecule has 0 atom stereocenters. The molecule has 0 fully saturated rings. The van der Waals surface area contributed by atoms with Gasteiger partial charge >= 0.3 is 0 Å². The van der Waals surface area contributed by atoms with Crippen molar-refractivity contribution in [2.75, 3.05) is 5.32 Å². The lowest BCUT2D eigenvalue weighted by atomic mass is 10.1. The van der Waals surface area contributed by atoms with Crippen LogP contribution in [-0.4, -0.2) is 26.8 Å². The maximum absolute atomic E-state index is 13.0. The monoisotopic (exact) mass is 442 g/mol. The molecule has 0 aliphatic carbocycles. The Balaban J connectivity index is 1.46. The maximum Gasteiger partial charge on any atom is 0.269 e. The van der Waals surface area contributed by atoms with Gasteiger partial charge in [0.15, 0.2) is 0 Å². The van der Waals surface area contributed by atoms with Crippen LogP contribution in [0.5, 0.6) is 0 Å². The smallest absolute Gasteiger partial charge is 0.269 e. The minimum absolute atomic E-state index is 0.216. The van der Waals surface area contributed by atoms with Gasteiger partial charge in [-0.3, -0.25) is 25.4 Å². The van der Waals surface area contributed by atoms with Crippen molar-refractivity contribution in [3.05, 3.63) is 102 Å². The lowest BCUT2D eigenvalue weighted by Crippen LogP contribution is -2.41. The highest BCUT2D eigenvalue weighted by molar-refractivity contribution is 5.99. The van der Waals surface area contributed by atoms with E-state index in [0.717, 1.165) is 11.1 Å². The molecule has 0 bridgehead atoms. The number of hydrogen-bond donors (Lipinski definition) is 3. The third kappa shape index (κ3) is 5.34. The van der Waals surface area contributed by atoms with Crippen LogP contribution in [0.1, 0.15) is 26.3 Å². The van der Waals surface area contributed by atoms with Gasteiger partial charge in [-0.2, -0.15) is 0 Å². The van der Waals surface area contributed by atoms with Crippen molar-refractivity contribution in [2.24, 2.45) is 0 Å². The molecule has 3 N–H and O–H groups in total. The van der Waals surface area contributed by atoms with Crippen molar-refractivity contribution in [1.29, 1.82) is 0 Å². The zero-order valence-corrected chi connectivity index (χ0v) is 17.5. The zero-order chi connectivity index (χ0) is 23.2. The van der Waals surface area contributed by atoms with Crippen LogP contribution in [0.4, 0.5) is 16.0 Å². The highest BCUT2D eigenvalue weighted by Crippen LogP contribution is 2.22. The molecule has 0 spiro atoms. The number of hydrogen-bond acceptors (Lipinski definition) is 6. The highest BCUT2D eigenvalue weighted by Gasteiger charge is 2.12. The fourth-order valence-electron chi connectivity index (χ4n) is 2.97. The quantitative estimate of drug-likeness (QED) is 0.406. The molecular formula is C24H19FN6O2. The molecule has 2 aromatic carbocycles. The van der Waals surface area contributed by atoms with E-state index in [9.17, 15) is 14.0 Å². The number of anilines is 2. The molecule has 164 valence electrons. The Labute approximate surface area is 188 Å². The van der Waals surface area contributed by atoms with E-state index in [2.05, 4.69) is 31.1 Å². The Kier molecular flexibility index (Phi) is 6.31. The summed E-state index contributed by atoms with van der Waals surface area (Å²) in [6.07, 6.45) is 5.03. The predicted octanol–water partition coefficient (Wildman–Crippen LogP) is 3.80. The SMILES string of the molecule is Cc1ccc(C(=O)NNC(=O)c2ccc(F)cc2)cc1Nc1nccc(-c2cccnc2)n1. The molecule has 0 unspecified atom stereocenters. The summed E-state index contributed by atoms with van der Waals surface area (Å²) >= 11 is 0. The number of benzene rings is 2. The Morgan fingerprint density at radius 1 is 0.879 bits per heavy atom. The summed E-state index contributed by atoms with van der Waals surface area (Å²) < 4.78 is 13.0. The molecular weight excluding hydrogens is 423 g/mol. The minimum atomic E-state index is -0.561. The van der Waals surface area contributed by atoms with Crippen LogP contribution in [0.25, 0.3) is 11.3 Å². The van der Waals surface area contributed by atoms with Crippen molar-refractivity contribution in [3.63, 3.8) is 0 Å². The fourth-order valence-corrected chi connectivity index (χ4v) is 2.97. The molecule has 2 aromatic heterocycles. The number of pyridine rings is 1. The number of carbonyl (C=O) groups is 2. The number of rotatable bonds is 5. The van der Waals surface area contributed by atoms with Gasteiger partial charge in [-0.15, -0.1) is 0 Å². The number of hydrazine groups is 1. The van der Waals surface area contributed by atoms with Crippen LogP contribution in [0.2, 0.25) is 0 Å². The summed E-state index contributed by atoms with van der Waals surface area (Å²) in [6.45, 7) is 1.88. The second-order valence-corrected chi connectivity index (χ2v) is 7.08. The second kappa shape index (κ2) is 9.65. The van der Waals surface area contributed by atoms with Crippen LogP contribution >= 0.6 is 0 Å². The molecule has 0 aliphatic rings. The molecule has 9 heteroatoms. The first-order valence-corrected chi connectivity index (χ1v) is 9.97.